The summed E-state index contributed by atoms with van der Waals surface area (Å²) in [6.07, 6.45) is 1.66. The third-order valence-electron chi connectivity index (χ3n) is 7.25. The first kappa shape index (κ1) is 33.2. The maximum absolute atomic E-state index is 14.1. The second kappa shape index (κ2) is 15.3. The Bertz CT molecular complexity index is 1660. The monoisotopic (exact) mass is 631 g/mol. The minimum Gasteiger partial charge on any atom is -0.457 e. The standard InChI is InChI=1S/C35H38FN3O5S/c1-4-5-23-37-35(41)27(3)38(24-28-13-15-29(36)16-14-28)34(40)25-39(45(42,43)33-21-11-26(2)12-22-33)30-17-19-32(20-18-30)44-31-9-7-6-8-10-31/h6-22,27H,4-5,23-25H2,1-3H3,(H,37,41). The molecule has 1 N–H and O–H groups in total. The van der Waals surface area contributed by atoms with E-state index in [4.69, 9.17) is 4.74 Å². The molecule has 45 heavy (non-hydrogen) atoms. The second-order valence-electron chi connectivity index (χ2n) is 10.7. The first-order valence-electron chi connectivity index (χ1n) is 14.8. The summed E-state index contributed by atoms with van der Waals surface area (Å²) in [6, 6.07) is 26.6. The highest BCUT2D eigenvalue weighted by Gasteiger charge is 2.32. The van der Waals surface area contributed by atoms with Crippen molar-refractivity contribution in [1.82, 2.24) is 10.2 Å². The molecule has 0 fully saturated rings. The molecule has 4 aromatic rings. The van der Waals surface area contributed by atoms with Crippen LogP contribution in [0.3, 0.4) is 0 Å². The Morgan fingerprint density at radius 1 is 0.867 bits per heavy atom. The molecule has 1 atom stereocenters. The van der Waals surface area contributed by atoms with Crippen LogP contribution in [0.1, 0.15) is 37.8 Å². The number of nitrogens with zero attached hydrogens (tertiary/aromatic N) is 2. The summed E-state index contributed by atoms with van der Waals surface area (Å²) in [4.78, 5) is 28.5. The minimum atomic E-state index is -4.22. The van der Waals surface area contributed by atoms with Crippen molar-refractivity contribution in [3.05, 3.63) is 120 Å². The van der Waals surface area contributed by atoms with Gasteiger partial charge >= 0.3 is 0 Å². The number of amides is 2. The van der Waals surface area contributed by atoms with Gasteiger partial charge in [-0.1, -0.05) is 61.4 Å². The van der Waals surface area contributed by atoms with Crippen LogP contribution in [0.2, 0.25) is 0 Å². The number of rotatable bonds is 14. The van der Waals surface area contributed by atoms with Gasteiger partial charge in [-0.25, -0.2) is 12.8 Å². The van der Waals surface area contributed by atoms with Crippen LogP contribution in [0.5, 0.6) is 11.5 Å². The van der Waals surface area contributed by atoms with E-state index in [0.717, 1.165) is 22.7 Å². The lowest BCUT2D eigenvalue weighted by atomic mass is 10.1. The number of carbonyl (C=O) groups excluding carboxylic acids is 2. The summed E-state index contributed by atoms with van der Waals surface area (Å²) in [5.74, 6) is -0.296. The number of para-hydroxylation sites is 1. The van der Waals surface area contributed by atoms with E-state index < -0.39 is 34.3 Å². The molecule has 4 aromatic carbocycles. The van der Waals surface area contributed by atoms with Crippen molar-refractivity contribution in [2.75, 3.05) is 17.4 Å². The topological polar surface area (TPSA) is 96.0 Å². The molecule has 0 aromatic heterocycles. The molecule has 0 aliphatic carbocycles. The minimum absolute atomic E-state index is 0.0148. The number of sulfonamides is 1. The van der Waals surface area contributed by atoms with Crippen LogP contribution < -0.4 is 14.4 Å². The average Bonchev–Trinajstić information content (AvgIpc) is 3.04. The molecule has 236 valence electrons. The number of aryl methyl sites for hydroxylation is 1. The van der Waals surface area contributed by atoms with Gasteiger partial charge in [-0.3, -0.25) is 13.9 Å². The molecule has 4 rings (SSSR count). The number of unbranched alkanes of at least 4 members (excludes halogenated alkanes) is 1. The van der Waals surface area contributed by atoms with E-state index in [1.165, 1.54) is 41.3 Å². The van der Waals surface area contributed by atoms with Crippen molar-refractivity contribution >= 4 is 27.5 Å². The number of nitrogens with one attached hydrogen (secondary N) is 1. The zero-order valence-electron chi connectivity index (χ0n) is 25.6. The Hall–Kier alpha value is -4.70. The molecule has 2 amide bonds. The Kier molecular flexibility index (Phi) is 11.3. The fourth-order valence-electron chi connectivity index (χ4n) is 4.58. The predicted molar refractivity (Wildman–Crippen MR) is 173 cm³/mol. The fraction of sp³-hybridized carbons (Fsp3) is 0.257. The van der Waals surface area contributed by atoms with Gasteiger partial charge in [-0.05, 0) is 86.5 Å². The zero-order valence-corrected chi connectivity index (χ0v) is 26.5. The molecule has 10 heteroatoms. The Morgan fingerprint density at radius 3 is 2.11 bits per heavy atom. The highest BCUT2D eigenvalue weighted by Crippen LogP contribution is 2.29. The molecule has 8 nitrogen and oxygen atoms in total. The predicted octanol–water partition coefficient (Wildman–Crippen LogP) is 6.46. The second-order valence-corrected chi connectivity index (χ2v) is 12.6. The van der Waals surface area contributed by atoms with E-state index >= 15 is 0 Å². The van der Waals surface area contributed by atoms with Gasteiger partial charge in [0.1, 0.15) is 29.9 Å². The van der Waals surface area contributed by atoms with Crippen molar-refractivity contribution in [2.24, 2.45) is 0 Å². The van der Waals surface area contributed by atoms with Crippen LogP contribution in [0, 0.1) is 12.7 Å². The lowest BCUT2D eigenvalue weighted by Crippen LogP contribution is -2.51. The molecule has 0 bridgehead atoms. The van der Waals surface area contributed by atoms with Gasteiger partial charge in [0.2, 0.25) is 11.8 Å². The lowest BCUT2D eigenvalue weighted by molar-refractivity contribution is -0.139. The lowest BCUT2D eigenvalue weighted by Gasteiger charge is -2.32. The van der Waals surface area contributed by atoms with Crippen LogP contribution in [0.25, 0.3) is 0 Å². The van der Waals surface area contributed by atoms with E-state index in [1.807, 2.05) is 32.0 Å². The number of ether oxygens (including phenoxy) is 1. The van der Waals surface area contributed by atoms with Crippen molar-refractivity contribution in [2.45, 2.75) is 51.1 Å². The molecule has 0 radical (unpaired) electrons. The molecular formula is C35H38FN3O5S. The zero-order chi connectivity index (χ0) is 32.4. The molecule has 0 saturated heterocycles. The number of benzene rings is 4. The largest absolute Gasteiger partial charge is 0.457 e. The highest BCUT2D eigenvalue weighted by atomic mass is 32.2. The van der Waals surface area contributed by atoms with Gasteiger partial charge in [-0.15, -0.1) is 0 Å². The summed E-state index contributed by atoms with van der Waals surface area (Å²) in [7, 11) is -4.22. The van der Waals surface area contributed by atoms with Crippen LogP contribution >= 0.6 is 0 Å². The number of hydrogen-bond donors (Lipinski definition) is 1. The van der Waals surface area contributed by atoms with Gasteiger partial charge in [-0.2, -0.15) is 0 Å². The molecular weight excluding hydrogens is 593 g/mol. The summed E-state index contributed by atoms with van der Waals surface area (Å²) in [5, 5.41) is 2.85. The van der Waals surface area contributed by atoms with Crippen molar-refractivity contribution in [1.29, 1.82) is 0 Å². The van der Waals surface area contributed by atoms with Gasteiger partial charge in [0, 0.05) is 13.1 Å². The third-order valence-corrected chi connectivity index (χ3v) is 9.04. The first-order chi connectivity index (χ1) is 21.6. The molecule has 0 aliphatic rings. The summed E-state index contributed by atoms with van der Waals surface area (Å²) in [5.41, 5.74) is 1.71. The number of carbonyl (C=O) groups is 2. The molecule has 0 heterocycles. The summed E-state index contributed by atoms with van der Waals surface area (Å²) in [6.45, 7) is 5.29. The molecule has 0 saturated carbocycles. The summed E-state index contributed by atoms with van der Waals surface area (Å²) < 4.78 is 48.7. The smallest absolute Gasteiger partial charge is 0.264 e. The SMILES string of the molecule is CCCCNC(=O)C(C)N(Cc1ccc(F)cc1)C(=O)CN(c1ccc(Oc2ccccc2)cc1)S(=O)(=O)c1ccc(C)cc1. The van der Waals surface area contributed by atoms with E-state index in [1.54, 1.807) is 55.5 Å². The normalized spacial score (nSPS) is 11.8. The maximum atomic E-state index is 14.1. The fourth-order valence-corrected chi connectivity index (χ4v) is 5.99. The first-order valence-corrected chi connectivity index (χ1v) is 16.3. The van der Waals surface area contributed by atoms with Gasteiger partial charge in [0.15, 0.2) is 0 Å². The van der Waals surface area contributed by atoms with E-state index in [2.05, 4.69) is 5.32 Å². The van der Waals surface area contributed by atoms with Crippen molar-refractivity contribution in [3.8, 4) is 11.5 Å². The van der Waals surface area contributed by atoms with Crippen LogP contribution in [-0.2, 0) is 26.2 Å². The highest BCUT2D eigenvalue weighted by molar-refractivity contribution is 7.92. The van der Waals surface area contributed by atoms with E-state index in [9.17, 15) is 22.4 Å². The number of anilines is 1. The van der Waals surface area contributed by atoms with Gasteiger partial charge < -0.3 is 15.0 Å². The maximum Gasteiger partial charge on any atom is 0.264 e. The average molecular weight is 632 g/mol. The number of halogens is 1. The van der Waals surface area contributed by atoms with Crippen LogP contribution in [0.4, 0.5) is 10.1 Å². The Morgan fingerprint density at radius 2 is 1.49 bits per heavy atom. The molecule has 0 spiro atoms. The van der Waals surface area contributed by atoms with E-state index in [0.29, 0.717) is 23.6 Å². The third kappa shape index (κ3) is 8.92. The van der Waals surface area contributed by atoms with E-state index in [-0.39, 0.29) is 23.0 Å². The summed E-state index contributed by atoms with van der Waals surface area (Å²) >= 11 is 0. The van der Waals surface area contributed by atoms with Gasteiger partial charge in [0.05, 0.1) is 10.6 Å². The Labute approximate surface area is 264 Å². The number of hydrogen-bond acceptors (Lipinski definition) is 5. The quantitative estimate of drug-likeness (QED) is 0.161. The van der Waals surface area contributed by atoms with Crippen molar-refractivity contribution in [3.63, 3.8) is 0 Å². The van der Waals surface area contributed by atoms with Crippen molar-refractivity contribution < 1.29 is 27.1 Å². The molecule has 1 unspecified atom stereocenters. The van der Waals surface area contributed by atoms with Crippen LogP contribution in [0.15, 0.2) is 108 Å². The molecule has 0 aliphatic heterocycles. The van der Waals surface area contributed by atoms with Crippen LogP contribution in [-0.4, -0.2) is 44.3 Å². The Balaban J connectivity index is 1.68. The van der Waals surface area contributed by atoms with Gasteiger partial charge in [0.25, 0.3) is 10.0 Å².